The molecule has 0 fully saturated rings. The standard InChI is InChI=1S/C12H16N2/c1-3-8-14-10(2)9-11-4-6-12(13)7-5-11/h3-7,14H,1-2,8-9,13H2. The first kappa shape index (κ1) is 10.4. The van der Waals surface area contributed by atoms with Crippen LogP contribution in [0, 0.1) is 0 Å². The Morgan fingerprint density at radius 1 is 1.36 bits per heavy atom. The van der Waals surface area contributed by atoms with Crippen LogP contribution in [0.2, 0.25) is 0 Å². The summed E-state index contributed by atoms with van der Waals surface area (Å²) < 4.78 is 0. The van der Waals surface area contributed by atoms with Gasteiger partial charge in [-0.25, -0.2) is 0 Å². The Morgan fingerprint density at radius 2 is 2.00 bits per heavy atom. The Bertz CT molecular complexity index is 312. The predicted octanol–water partition coefficient (Wildman–Crippen LogP) is 2.10. The highest BCUT2D eigenvalue weighted by Gasteiger charge is 1.95. The Labute approximate surface area is 85.1 Å². The van der Waals surface area contributed by atoms with Crippen LogP contribution in [0.25, 0.3) is 0 Å². The van der Waals surface area contributed by atoms with Gasteiger partial charge in [-0.15, -0.1) is 6.58 Å². The van der Waals surface area contributed by atoms with Crippen molar-refractivity contribution < 1.29 is 0 Å². The number of hydrogen-bond donors (Lipinski definition) is 2. The zero-order chi connectivity index (χ0) is 10.4. The molecule has 0 spiro atoms. The van der Waals surface area contributed by atoms with Crippen molar-refractivity contribution >= 4 is 5.69 Å². The number of benzene rings is 1. The van der Waals surface area contributed by atoms with Crippen LogP contribution in [-0.2, 0) is 6.42 Å². The molecule has 0 aliphatic rings. The van der Waals surface area contributed by atoms with Crippen LogP contribution >= 0.6 is 0 Å². The Hall–Kier alpha value is -1.70. The summed E-state index contributed by atoms with van der Waals surface area (Å²) >= 11 is 0. The third-order valence-corrected chi connectivity index (χ3v) is 1.89. The molecule has 0 saturated heterocycles. The van der Waals surface area contributed by atoms with Gasteiger partial charge in [-0.05, 0) is 17.7 Å². The average Bonchev–Trinajstić information content (AvgIpc) is 2.18. The lowest BCUT2D eigenvalue weighted by molar-refractivity contribution is 0.865. The molecule has 2 heteroatoms. The van der Waals surface area contributed by atoms with Gasteiger partial charge in [0.15, 0.2) is 0 Å². The van der Waals surface area contributed by atoms with Gasteiger partial charge < -0.3 is 11.1 Å². The number of allylic oxidation sites excluding steroid dienone is 1. The van der Waals surface area contributed by atoms with Gasteiger partial charge >= 0.3 is 0 Å². The van der Waals surface area contributed by atoms with Crippen molar-refractivity contribution in [2.75, 3.05) is 12.3 Å². The fourth-order valence-electron chi connectivity index (χ4n) is 1.16. The van der Waals surface area contributed by atoms with Crippen molar-refractivity contribution in [1.82, 2.24) is 5.32 Å². The molecule has 0 aliphatic heterocycles. The van der Waals surface area contributed by atoms with E-state index in [1.54, 1.807) is 0 Å². The zero-order valence-electron chi connectivity index (χ0n) is 8.29. The van der Waals surface area contributed by atoms with E-state index in [4.69, 9.17) is 5.73 Å². The minimum absolute atomic E-state index is 0.758. The lowest BCUT2D eigenvalue weighted by atomic mass is 10.1. The highest BCUT2D eigenvalue weighted by Crippen LogP contribution is 2.08. The van der Waals surface area contributed by atoms with Crippen molar-refractivity contribution in [3.05, 3.63) is 54.8 Å². The molecule has 0 heterocycles. The summed E-state index contributed by atoms with van der Waals surface area (Å²) in [5, 5.41) is 3.15. The van der Waals surface area contributed by atoms with Crippen LogP contribution in [0.1, 0.15) is 5.56 Å². The minimum atomic E-state index is 0.758. The monoisotopic (exact) mass is 188 g/mol. The molecular weight excluding hydrogens is 172 g/mol. The van der Waals surface area contributed by atoms with Gasteiger partial charge in [0.05, 0.1) is 0 Å². The first-order chi connectivity index (χ1) is 6.72. The van der Waals surface area contributed by atoms with E-state index in [9.17, 15) is 0 Å². The van der Waals surface area contributed by atoms with Crippen molar-refractivity contribution in [2.24, 2.45) is 0 Å². The van der Waals surface area contributed by atoms with E-state index >= 15 is 0 Å². The van der Waals surface area contributed by atoms with Crippen LogP contribution in [0.3, 0.4) is 0 Å². The number of hydrogen-bond acceptors (Lipinski definition) is 2. The number of anilines is 1. The summed E-state index contributed by atoms with van der Waals surface area (Å²) in [7, 11) is 0. The number of nitrogens with one attached hydrogen (secondary N) is 1. The SMILES string of the molecule is C=CCNC(=C)Cc1ccc(N)cc1. The third-order valence-electron chi connectivity index (χ3n) is 1.89. The second kappa shape index (κ2) is 5.12. The molecule has 14 heavy (non-hydrogen) atoms. The molecule has 0 aliphatic carbocycles. The molecule has 1 rings (SSSR count). The summed E-state index contributed by atoms with van der Waals surface area (Å²) in [6.07, 6.45) is 2.64. The van der Waals surface area contributed by atoms with Crippen LogP contribution in [0.5, 0.6) is 0 Å². The molecule has 2 nitrogen and oxygen atoms in total. The van der Waals surface area contributed by atoms with E-state index in [-0.39, 0.29) is 0 Å². The molecular formula is C12H16N2. The second-order valence-electron chi connectivity index (χ2n) is 3.19. The molecule has 0 unspecified atom stereocenters. The van der Waals surface area contributed by atoms with E-state index in [1.165, 1.54) is 5.56 Å². The number of rotatable bonds is 5. The second-order valence-corrected chi connectivity index (χ2v) is 3.19. The van der Waals surface area contributed by atoms with Gasteiger partial charge in [0.25, 0.3) is 0 Å². The molecule has 0 saturated carbocycles. The van der Waals surface area contributed by atoms with Crippen LogP contribution in [-0.4, -0.2) is 6.54 Å². The molecule has 0 radical (unpaired) electrons. The lowest BCUT2D eigenvalue weighted by Gasteiger charge is -2.07. The fourth-order valence-corrected chi connectivity index (χ4v) is 1.16. The maximum absolute atomic E-state index is 5.59. The molecule has 1 aromatic carbocycles. The van der Waals surface area contributed by atoms with Gasteiger partial charge in [0, 0.05) is 24.4 Å². The van der Waals surface area contributed by atoms with Gasteiger partial charge in [-0.1, -0.05) is 24.8 Å². The highest BCUT2D eigenvalue weighted by molar-refractivity contribution is 5.40. The molecule has 0 amide bonds. The quantitative estimate of drug-likeness (QED) is 0.548. The van der Waals surface area contributed by atoms with Crippen LogP contribution in [0.15, 0.2) is 49.2 Å². The predicted molar refractivity (Wildman–Crippen MR) is 61.9 cm³/mol. The maximum Gasteiger partial charge on any atom is 0.0325 e. The van der Waals surface area contributed by atoms with Gasteiger partial charge in [0.2, 0.25) is 0 Å². The molecule has 1 aromatic rings. The molecule has 74 valence electrons. The van der Waals surface area contributed by atoms with E-state index in [0.717, 1.165) is 24.4 Å². The number of nitrogen functional groups attached to an aromatic ring is 1. The summed E-state index contributed by atoms with van der Waals surface area (Å²) in [6, 6.07) is 7.82. The minimum Gasteiger partial charge on any atom is -0.399 e. The van der Waals surface area contributed by atoms with Gasteiger partial charge in [-0.3, -0.25) is 0 Å². The largest absolute Gasteiger partial charge is 0.399 e. The van der Waals surface area contributed by atoms with E-state index in [0.29, 0.717) is 0 Å². The maximum atomic E-state index is 5.59. The van der Waals surface area contributed by atoms with E-state index < -0.39 is 0 Å². The summed E-state index contributed by atoms with van der Waals surface area (Å²) in [5.41, 5.74) is 8.58. The normalized spacial score (nSPS) is 9.43. The van der Waals surface area contributed by atoms with Crippen molar-refractivity contribution in [3.8, 4) is 0 Å². The Kier molecular flexibility index (Phi) is 3.80. The van der Waals surface area contributed by atoms with Crippen molar-refractivity contribution in [3.63, 3.8) is 0 Å². The van der Waals surface area contributed by atoms with Crippen LogP contribution in [0.4, 0.5) is 5.69 Å². The third kappa shape index (κ3) is 3.35. The lowest BCUT2D eigenvalue weighted by Crippen LogP contribution is -2.13. The van der Waals surface area contributed by atoms with Crippen molar-refractivity contribution in [2.45, 2.75) is 6.42 Å². The van der Waals surface area contributed by atoms with Gasteiger partial charge in [0.1, 0.15) is 0 Å². The summed E-state index contributed by atoms with van der Waals surface area (Å²) in [4.78, 5) is 0. The average molecular weight is 188 g/mol. The smallest absolute Gasteiger partial charge is 0.0325 e. The topological polar surface area (TPSA) is 38.0 Å². The number of nitrogens with two attached hydrogens (primary N) is 1. The van der Waals surface area contributed by atoms with Gasteiger partial charge in [-0.2, -0.15) is 0 Å². The molecule has 0 atom stereocenters. The Morgan fingerprint density at radius 3 is 2.57 bits per heavy atom. The van der Waals surface area contributed by atoms with E-state index in [2.05, 4.69) is 18.5 Å². The highest BCUT2D eigenvalue weighted by atomic mass is 14.9. The zero-order valence-corrected chi connectivity index (χ0v) is 8.29. The first-order valence-corrected chi connectivity index (χ1v) is 4.59. The fraction of sp³-hybridized carbons (Fsp3) is 0.167. The van der Waals surface area contributed by atoms with E-state index in [1.807, 2.05) is 30.3 Å². The first-order valence-electron chi connectivity index (χ1n) is 4.59. The van der Waals surface area contributed by atoms with Crippen LogP contribution < -0.4 is 11.1 Å². The molecule has 0 bridgehead atoms. The summed E-state index contributed by atoms with van der Waals surface area (Å²) in [6.45, 7) is 8.31. The molecule has 0 aromatic heterocycles. The summed E-state index contributed by atoms with van der Waals surface area (Å²) in [5.74, 6) is 0. The molecule has 3 N–H and O–H groups in total. The Balaban J connectivity index is 2.47. The van der Waals surface area contributed by atoms with Crippen molar-refractivity contribution in [1.29, 1.82) is 0 Å².